The summed E-state index contributed by atoms with van der Waals surface area (Å²) < 4.78 is 25.5. The van der Waals surface area contributed by atoms with Crippen LogP contribution in [-0.4, -0.2) is 24.8 Å². The van der Waals surface area contributed by atoms with Crippen molar-refractivity contribution in [2.24, 2.45) is 16.7 Å². The first kappa shape index (κ1) is 17.7. The van der Waals surface area contributed by atoms with Gasteiger partial charge in [-0.15, -0.1) is 0 Å². The minimum absolute atomic E-state index is 0.0928. The number of Topliss-reactive ketones (excluding diaryl/α,β-unsaturated/α-hetero) is 1. The summed E-state index contributed by atoms with van der Waals surface area (Å²) in [4.78, 5) is 13.4. The Morgan fingerprint density at radius 3 is 2.62 bits per heavy atom. The van der Waals surface area contributed by atoms with Crippen molar-refractivity contribution in [1.29, 1.82) is 0 Å². The summed E-state index contributed by atoms with van der Waals surface area (Å²) in [5.74, 6) is -0.684. The third-order valence-corrected chi connectivity index (χ3v) is 7.21. The fourth-order valence-electron chi connectivity index (χ4n) is 5.06. The Kier molecular flexibility index (Phi) is 4.01. The van der Waals surface area contributed by atoms with E-state index in [4.69, 9.17) is 9.47 Å². The summed E-state index contributed by atoms with van der Waals surface area (Å²) in [5, 5.41) is 3.13. The molecule has 1 saturated heterocycles. The normalized spacial score (nSPS) is 35.9. The molecule has 0 bridgehead atoms. The Balaban J connectivity index is 1.66. The van der Waals surface area contributed by atoms with E-state index in [0.717, 1.165) is 19.3 Å². The van der Waals surface area contributed by atoms with E-state index in [2.05, 4.69) is 26.1 Å². The second-order valence-electron chi connectivity index (χ2n) is 8.27. The molecule has 0 aromatic heterocycles. The summed E-state index contributed by atoms with van der Waals surface area (Å²) >= 11 is 0. The maximum Gasteiger partial charge on any atom is 0.185 e. The lowest BCUT2D eigenvalue weighted by Gasteiger charge is -2.59. The monoisotopic (exact) mass is 359 g/mol. The van der Waals surface area contributed by atoms with Gasteiger partial charge in [0.05, 0.1) is 18.9 Å². The first-order valence-electron chi connectivity index (χ1n) is 9.36. The number of fused-ring (bicyclic) bond motifs is 1. The zero-order chi connectivity index (χ0) is 18.6. The number of hydrogen-bond acceptors (Lipinski definition) is 4. The number of halogens is 1. The molecule has 5 heteroatoms. The number of ether oxygens (including phenoxy) is 2. The Morgan fingerprint density at radius 2 is 1.92 bits per heavy atom. The first-order valence-corrected chi connectivity index (χ1v) is 9.36. The van der Waals surface area contributed by atoms with E-state index in [-0.39, 0.29) is 22.9 Å². The molecule has 3 atom stereocenters. The molecule has 0 radical (unpaired) electrons. The van der Waals surface area contributed by atoms with Crippen molar-refractivity contribution in [2.75, 3.05) is 18.5 Å². The second kappa shape index (κ2) is 5.89. The van der Waals surface area contributed by atoms with Crippen molar-refractivity contribution < 1.29 is 18.7 Å². The minimum atomic E-state index is -0.560. The van der Waals surface area contributed by atoms with Crippen molar-refractivity contribution in [2.45, 2.75) is 45.8 Å². The minimum Gasteiger partial charge on any atom is -0.353 e. The van der Waals surface area contributed by atoms with E-state index in [1.807, 2.05) is 6.08 Å². The van der Waals surface area contributed by atoms with Gasteiger partial charge in [0.1, 0.15) is 5.82 Å². The summed E-state index contributed by atoms with van der Waals surface area (Å²) in [6, 6.07) is 6.21. The molecule has 1 aromatic rings. The third-order valence-electron chi connectivity index (χ3n) is 7.21. The van der Waals surface area contributed by atoms with E-state index in [0.29, 0.717) is 24.6 Å². The van der Waals surface area contributed by atoms with E-state index in [9.17, 15) is 9.18 Å². The van der Waals surface area contributed by atoms with Crippen LogP contribution in [0.4, 0.5) is 10.1 Å². The lowest BCUT2D eigenvalue weighted by atomic mass is 9.47. The standard InChI is InChI=1S/C21H26FNO3/c1-14-19(2)8-7-17(23-16-6-4-5-15(22)13-16)18(24)20(19,3)9-10-21(14)25-11-12-26-21/h4-7,13-14,23H,8-12H2,1-3H3/t14-,19-,20+/m1/s1. The van der Waals surface area contributed by atoms with Crippen LogP contribution in [0.5, 0.6) is 0 Å². The molecule has 2 fully saturated rings. The summed E-state index contributed by atoms with van der Waals surface area (Å²) in [6.45, 7) is 7.63. The third kappa shape index (κ3) is 2.37. The molecule has 1 heterocycles. The molecule has 0 unspecified atom stereocenters. The lowest BCUT2D eigenvalue weighted by molar-refractivity contribution is -0.261. The lowest BCUT2D eigenvalue weighted by Crippen LogP contribution is -2.61. The number of allylic oxidation sites excluding steroid dienone is 2. The second-order valence-corrected chi connectivity index (χ2v) is 8.27. The summed E-state index contributed by atoms with van der Waals surface area (Å²) in [5.41, 5.74) is 0.406. The summed E-state index contributed by atoms with van der Waals surface area (Å²) in [6.07, 6.45) is 4.15. The number of carbonyl (C=O) groups is 1. The average molecular weight is 359 g/mol. The van der Waals surface area contributed by atoms with Gasteiger partial charge in [-0.2, -0.15) is 0 Å². The van der Waals surface area contributed by atoms with E-state index in [1.54, 1.807) is 12.1 Å². The predicted octanol–water partition coefficient (Wildman–Crippen LogP) is 4.28. The van der Waals surface area contributed by atoms with Crippen molar-refractivity contribution >= 4 is 11.5 Å². The molecule has 4 rings (SSSR count). The molecule has 26 heavy (non-hydrogen) atoms. The number of rotatable bonds is 2. The van der Waals surface area contributed by atoms with Gasteiger partial charge >= 0.3 is 0 Å². The Bertz CT molecular complexity index is 770. The van der Waals surface area contributed by atoms with Crippen molar-refractivity contribution in [1.82, 2.24) is 0 Å². The molecule has 1 aromatic carbocycles. The maximum absolute atomic E-state index is 13.5. The van der Waals surface area contributed by atoms with Gasteiger partial charge in [0.15, 0.2) is 11.6 Å². The Labute approximate surface area is 153 Å². The smallest absolute Gasteiger partial charge is 0.185 e. The SMILES string of the molecule is C[C@H]1C2(CC[C@@]3(C)C(=O)C(Nc4cccc(F)c4)=CC[C@]13C)OCCO2. The Hall–Kier alpha value is -1.72. The Morgan fingerprint density at radius 1 is 1.19 bits per heavy atom. The van der Waals surface area contributed by atoms with Gasteiger partial charge in [0, 0.05) is 23.4 Å². The molecule has 4 nitrogen and oxygen atoms in total. The number of nitrogens with one attached hydrogen (secondary N) is 1. The van der Waals surface area contributed by atoms with Crippen LogP contribution in [0.2, 0.25) is 0 Å². The molecule has 1 N–H and O–H groups in total. The molecule has 2 aliphatic carbocycles. The molecule has 1 spiro atoms. The van der Waals surface area contributed by atoms with Crippen molar-refractivity contribution in [3.05, 3.63) is 41.9 Å². The molecule has 140 valence electrons. The number of anilines is 1. The first-order chi connectivity index (χ1) is 12.3. The fraction of sp³-hybridized carbons (Fsp3) is 0.571. The molecule has 0 amide bonds. The van der Waals surface area contributed by atoms with Gasteiger partial charge in [-0.1, -0.05) is 32.9 Å². The number of hydrogen-bond donors (Lipinski definition) is 1. The molecule has 1 saturated carbocycles. The number of ketones is 1. The summed E-state index contributed by atoms with van der Waals surface area (Å²) in [7, 11) is 0. The van der Waals surface area contributed by atoms with E-state index < -0.39 is 11.2 Å². The maximum atomic E-state index is 13.5. The highest BCUT2D eigenvalue weighted by Gasteiger charge is 2.64. The quantitative estimate of drug-likeness (QED) is 0.856. The molecular weight excluding hydrogens is 333 g/mol. The van der Waals surface area contributed by atoms with Gasteiger partial charge in [-0.05, 0) is 36.5 Å². The molecular formula is C21H26FNO3. The van der Waals surface area contributed by atoms with Crippen LogP contribution in [0, 0.1) is 22.6 Å². The van der Waals surface area contributed by atoms with Gasteiger partial charge in [-0.25, -0.2) is 4.39 Å². The highest BCUT2D eigenvalue weighted by atomic mass is 19.1. The number of carbonyl (C=O) groups excluding carboxylic acids is 1. The van der Waals surface area contributed by atoms with Gasteiger partial charge in [0.25, 0.3) is 0 Å². The van der Waals surface area contributed by atoms with Gasteiger partial charge in [-0.3, -0.25) is 4.79 Å². The fourth-order valence-corrected chi connectivity index (χ4v) is 5.06. The zero-order valence-electron chi connectivity index (χ0n) is 15.6. The van der Waals surface area contributed by atoms with Crippen LogP contribution in [0.3, 0.4) is 0 Å². The van der Waals surface area contributed by atoms with Gasteiger partial charge in [0.2, 0.25) is 0 Å². The van der Waals surface area contributed by atoms with Crippen LogP contribution in [0.15, 0.2) is 36.0 Å². The van der Waals surface area contributed by atoms with Crippen LogP contribution in [0.25, 0.3) is 0 Å². The van der Waals surface area contributed by atoms with Crippen LogP contribution in [0.1, 0.15) is 40.0 Å². The van der Waals surface area contributed by atoms with Crippen LogP contribution < -0.4 is 5.32 Å². The van der Waals surface area contributed by atoms with Crippen molar-refractivity contribution in [3.8, 4) is 0 Å². The van der Waals surface area contributed by atoms with E-state index in [1.165, 1.54) is 12.1 Å². The topological polar surface area (TPSA) is 47.6 Å². The van der Waals surface area contributed by atoms with Gasteiger partial charge < -0.3 is 14.8 Å². The van der Waals surface area contributed by atoms with Crippen LogP contribution >= 0.6 is 0 Å². The molecule has 1 aliphatic heterocycles. The highest BCUT2D eigenvalue weighted by molar-refractivity contribution is 6.03. The average Bonchev–Trinajstić information content (AvgIpc) is 3.09. The molecule has 3 aliphatic rings. The number of benzene rings is 1. The largest absolute Gasteiger partial charge is 0.353 e. The van der Waals surface area contributed by atoms with E-state index >= 15 is 0 Å². The van der Waals surface area contributed by atoms with Crippen LogP contribution in [-0.2, 0) is 14.3 Å². The predicted molar refractivity (Wildman–Crippen MR) is 97.0 cm³/mol. The van der Waals surface area contributed by atoms with Crippen molar-refractivity contribution in [3.63, 3.8) is 0 Å². The highest BCUT2D eigenvalue weighted by Crippen LogP contribution is 2.63. The zero-order valence-corrected chi connectivity index (χ0v) is 15.6.